The first kappa shape index (κ1) is 27.9. The number of thioether (sulfide) groups is 1. The number of nitrogens with zero attached hydrogens (tertiary/aromatic N) is 4. The molecule has 0 spiro atoms. The number of nitrogens with one attached hydrogen (secondary N) is 3. The highest BCUT2D eigenvalue weighted by Gasteiger charge is 2.43. The summed E-state index contributed by atoms with van der Waals surface area (Å²) in [5.74, 6) is 0.420. The smallest absolute Gasteiger partial charge is 0.220 e. The van der Waals surface area contributed by atoms with Gasteiger partial charge in [0.25, 0.3) is 0 Å². The van der Waals surface area contributed by atoms with Crippen molar-refractivity contribution in [3.05, 3.63) is 11.6 Å². The fourth-order valence-electron chi connectivity index (χ4n) is 2.95. The molecule has 0 aromatic carbocycles. The van der Waals surface area contributed by atoms with Crippen molar-refractivity contribution in [3.63, 3.8) is 0 Å². The first-order valence-corrected chi connectivity index (χ1v) is 11.8. The van der Waals surface area contributed by atoms with E-state index in [0.29, 0.717) is 18.1 Å². The van der Waals surface area contributed by atoms with E-state index >= 15 is 0 Å². The van der Waals surface area contributed by atoms with Crippen molar-refractivity contribution in [1.29, 1.82) is 5.41 Å². The maximum Gasteiger partial charge on any atom is 0.220 e. The Kier molecular flexibility index (Phi) is 11.7. The van der Waals surface area contributed by atoms with Crippen LogP contribution in [0.3, 0.4) is 0 Å². The normalized spacial score (nSPS) is 24.4. The molecule has 1 fully saturated rings. The van der Waals surface area contributed by atoms with Gasteiger partial charge in [0.2, 0.25) is 11.8 Å². The molecule has 34 heavy (non-hydrogen) atoms. The minimum atomic E-state index is -1.45. The number of carbonyl (C=O) groups is 2. The predicted octanol–water partition coefficient (Wildman–Crippen LogP) is -2.58. The van der Waals surface area contributed by atoms with Gasteiger partial charge in [-0.15, -0.1) is 32.2 Å². The lowest BCUT2D eigenvalue weighted by atomic mass is 10.0. The van der Waals surface area contributed by atoms with Crippen LogP contribution in [0.1, 0.15) is 37.3 Å². The molecular formula is C19H31N7O7S. The highest BCUT2D eigenvalue weighted by Crippen LogP contribution is 2.28. The lowest BCUT2D eigenvalue weighted by Gasteiger charge is -2.39. The summed E-state index contributed by atoms with van der Waals surface area (Å²) in [5, 5.41) is 67.1. The van der Waals surface area contributed by atoms with Gasteiger partial charge in [0.05, 0.1) is 13.2 Å². The molecule has 15 heteroatoms. The molecule has 2 amide bonds. The van der Waals surface area contributed by atoms with Crippen molar-refractivity contribution in [2.24, 2.45) is 0 Å². The Bertz CT molecular complexity index is 815. The summed E-state index contributed by atoms with van der Waals surface area (Å²) >= 11 is 1.07. The van der Waals surface area contributed by atoms with Gasteiger partial charge in [-0.1, -0.05) is 0 Å². The summed E-state index contributed by atoms with van der Waals surface area (Å²) in [6, 6.07) is 0. The van der Waals surface area contributed by atoms with Crippen LogP contribution in [0.5, 0.6) is 0 Å². The van der Waals surface area contributed by atoms with Gasteiger partial charge in [-0.25, -0.2) is 0 Å². The van der Waals surface area contributed by atoms with Crippen molar-refractivity contribution in [1.82, 2.24) is 31.0 Å². The van der Waals surface area contributed by atoms with Crippen LogP contribution < -0.4 is 10.6 Å². The van der Waals surface area contributed by atoms with E-state index in [0.717, 1.165) is 11.8 Å². The monoisotopic (exact) mass is 501 g/mol. The average Bonchev–Trinajstić information content (AvgIpc) is 2.82. The number of aromatic nitrogens is 4. The summed E-state index contributed by atoms with van der Waals surface area (Å²) in [6.45, 7) is 1.49. The summed E-state index contributed by atoms with van der Waals surface area (Å²) in [7, 11) is 0. The van der Waals surface area contributed by atoms with Gasteiger partial charge < -0.3 is 41.2 Å². The van der Waals surface area contributed by atoms with Gasteiger partial charge in [0.15, 0.2) is 11.6 Å². The molecule has 2 heterocycles. The van der Waals surface area contributed by atoms with Crippen LogP contribution in [-0.4, -0.2) is 107 Å². The molecule has 1 aromatic rings. The number of carbonyl (C=O) groups excluding carboxylic acids is 2. The van der Waals surface area contributed by atoms with Crippen molar-refractivity contribution >= 4 is 29.3 Å². The Morgan fingerprint density at radius 3 is 2.29 bits per heavy atom. The summed E-state index contributed by atoms with van der Waals surface area (Å²) < 4.78 is 5.38. The van der Waals surface area contributed by atoms with Gasteiger partial charge in [0.1, 0.15) is 29.9 Å². The zero-order chi connectivity index (χ0) is 25.1. The molecule has 2 rings (SSSR count). The van der Waals surface area contributed by atoms with Gasteiger partial charge in [-0.3, -0.25) is 9.59 Å². The Labute approximate surface area is 200 Å². The quantitative estimate of drug-likeness (QED) is 0.138. The summed E-state index contributed by atoms with van der Waals surface area (Å²) in [4.78, 5) is 23.7. The molecule has 0 saturated carbocycles. The molecule has 7 N–H and O–H groups in total. The first-order valence-electron chi connectivity index (χ1n) is 10.8. The molecular weight excluding hydrogens is 470 g/mol. The van der Waals surface area contributed by atoms with E-state index in [9.17, 15) is 30.0 Å². The lowest BCUT2D eigenvalue weighted by Crippen LogP contribution is -2.57. The Morgan fingerprint density at radius 2 is 1.65 bits per heavy atom. The minimum absolute atomic E-state index is 0.106. The van der Waals surface area contributed by atoms with Crippen LogP contribution in [0.25, 0.3) is 0 Å². The number of rotatable bonds is 13. The average molecular weight is 502 g/mol. The maximum atomic E-state index is 11.9. The maximum absolute atomic E-state index is 11.9. The van der Waals surface area contributed by atoms with Crippen LogP contribution in [0, 0.1) is 12.3 Å². The van der Waals surface area contributed by atoms with E-state index in [1.165, 1.54) is 0 Å². The third-order valence-electron chi connectivity index (χ3n) is 4.89. The third kappa shape index (κ3) is 9.15. The van der Waals surface area contributed by atoms with Gasteiger partial charge in [0, 0.05) is 37.3 Å². The van der Waals surface area contributed by atoms with Crippen LogP contribution >= 0.6 is 11.8 Å². The van der Waals surface area contributed by atoms with Crippen molar-refractivity contribution < 1.29 is 34.8 Å². The van der Waals surface area contributed by atoms with Crippen LogP contribution in [-0.2, 0) is 20.9 Å². The van der Waals surface area contributed by atoms with Gasteiger partial charge in [-0.05, 0) is 13.3 Å². The third-order valence-corrected chi connectivity index (χ3v) is 6.12. The molecule has 14 nitrogen and oxygen atoms in total. The zero-order valence-electron chi connectivity index (χ0n) is 18.8. The fraction of sp³-hybridized carbons (Fsp3) is 0.737. The number of hydrogen-bond acceptors (Lipinski definition) is 13. The summed E-state index contributed by atoms with van der Waals surface area (Å²) in [5.41, 5.74) is -0.620. The van der Waals surface area contributed by atoms with E-state index in [2.05, 4.69) is 31.0 Å². The molecule has 1 aromatic heterocycles. The molecule has 1 saturated heterocycles. The number of aliphatic hydroxyl groups is 4. The molecule has 1 aliphatic heterocycles. The van der Waals surface area contributed by atoms with Crippen LogP contribution in [0.4, 0.5) is 0 Å². The minimum Gasteiger partial charge on any atom is -0.394 e. The van der Waals surface area contributed by atoms with E-state index < -0.39 is 36.5 Å². The number of ether oxygens (including phenoxy) is 1. The SMILES string of the molecule is Cc1nnc(CNC(=O)CCCC(=O)NCCC(=N)CSC2OC(CO)C(O)C(O)C2O)nn1. The molecule has 190 valence electrons. The molecule has 5 unspecified atom stereocenters. The van der Waals surface area contributed by atoms with E-state index in [1.54, 1.807) is 6.92 Å². The molecule has 0 radical (unpaired) electrons. The highest BCUT2D eigenvalue weighted by atomic mass is 32.2. The second-order valence-corrected chi connectivity index (χ2v) is 8.79. The zero-order valence-corrected chi connectivity index (χ0v) is 19.6. The van der Waals surface area contributed by atoms with E-state index in [4.69, 9.17) is 10.1 Å². The lowest BCUT2D eigenvalue weighted by molar-refractivity contribution is -0.205. The van der Waals surface area contributed by atoms with Crippen LogP contribution in [0.2, 0.25) is 0 Å². The Hall–Kier alpha value is -2.30. The highest BCUT2D eigenvalue weighted by molar-refractivity contribution is 8.00. The van der Waals surface area contributed by atoms with Gasteiger partial charge >= 0.3 is 0 Å². The van der Waals surface area contributed by atoms with Crippen LogP contribution in [0.15, 0.2) is 0 Å². The standard InChI is InChI=1S/C19H31N7O7S/c1-10-23-25-13(26-24-10)7-22-15(29)4-2-3-14(28)21-6-5-11(20)9-34-19-18(32)17(31)16(30)12(8-27)33-19/h12,16-20,27,30-32H,2-9H2,1H3,(H,21,28)(H,22,29). The number of hydrogen-bond donors (Lipinski definition) is 7. The topological polar surface area (TPSA) is 224 Å². The second-order valence-electron chi connectivity index (χ2n) is 7.71. The fourth-order valence-corrected chi connectivity index (χ4v) is 4.04. The number of aliphatic hydroxyl groups excluding tert-OH is 4. The number of aryl methyl sites for hydroxylation is 1. The largest absolute Gasteiger partial charge is 0.394 e. The van der Waals surface area contributed by atoms with Crippen molar-refractivity contribution in [2.75, 3.05) is 18.9 Å². The number of amides is 2. The Balaban J connectivity index is 1.55. The van der Waals surface area contributed by atoms with E-state index in [1.807, 2.05) is 0 Å². The summed E-state index contributed by atoms with van der Waals surface area (Å²) in [6.07, 6.45) is -4.28. The van der Waals surface area contributed by atoms with E-state index in [-0.39, 0.29) is 55.6 Å². The molecule has 5 atom stereocenters. The second kappa shape index (κ2) is 14.2. The Morgan fingerprint density at radius 1 is 1.00 bits per heavy atom. The molecule has 0 aliphatic carbocycles. The van der Waals surface area contributed by atoms with Gasteiger partial charge in [-0.2, -0.15) is 0 Å². The first-order chi connectivity index (χ1) is 16.2. The predicted molar refractivity (Wildman–Crippen MR) is 120 cm³/mol. The van der Waals surface area contributed by atoms with Crippen molar-refractivity contribution in [2.45, 2.75) is 69.0 Å². The molecule has 0 bridgehead atoms. The van der Waals surface area contributed by atoms with Crippen molar-refractivity contribution in [3.8, 4) is 0 Å². The molecule has 1 aliphatic rings.